The molecule has 0 saturated carbocycles. The van der Waals surface area contributed by atoms with Crippen molar-refractivity contribution in [3.05, 3.63) is 24.4 Å². The number of hydrogen-bond acceptors (Lipinski definition) is 4. The number of rotatable bonds is 5. The van der Waals surface area contributed by atoms with Gasteiger partial charge in [-0.2, -0.15) is 0 Å². The number of aliphatic hydroxyl groups excluding tert-OH is 1. The average Bonchev–Trinajstić information content (AvgIpc) is 2.79. The molecule has 7 heteroatoms. The maximum absolute atomic E-state index is 12.2. The van der Waals surface area contributed by atoms with Crippen molar-refractivity contribution in [3.8, 4) is 0 Å². The number of nitrogens with one attached hydrogen (secondary N) is 2. The second kappa shape index (κ2) is 5.20. The molecule has 0 aliphatic heterocycles. The standard InChI is InChI=1S/C12H17N3O3S/c1-2-9(7-16)15-19(17,18)12-6-14-11-5-8(13)3-4-10(11)12/h3-6,9,14-16H,2,7,13H2,1H3/t9-/m1/s1. The van der Waals surface area contributed by atoms with Crippen LogP contribution in [0.2, 0.25) is 0 Å². The van der Waals surface area contributed by atoms with E-state index in [0.29, 0.717) is 23.0 Å². The quantitative estimate of drug-likeness (QED) is 0.609. The summed E-state index contributed by atoms with van der Waals surface area (Å²) in [5, 5.41) is 9.66. The van der Waals surface area contributed by atoms with E-state index in [4.69, 9.17) is 10.8 Å². The Hall–Kier alpha value is -1.57. The molecule has 0 aliphatic carbocycles. The molecule has 1 aromatic heterocycles. The first-order valence-electron chi connectivity index (χ1n) is 5.97. The van der Waals surface area contributed by atoms with Crippen LogP contribution in [-0.2, 0) is 10.0 Å². The Morgan fingerprint density at radius 2 is 2.21 bits per heavy atom. The van der Waals surface area contributed by atoms with E-state index in [-0.39, 0.29) is 11.5 Å². The van der Waals surface area contributed by atoms with Gasteiger partial charge in [0, 0.05) is 28.8 Å². The van der Waals surface area contributed by atoms with Crippen LogP contribution in [0.1, 0.15) is 13.3 Å². The van der Waals surface area contributed by atoms with Gasteiger partial charge in [0.1, 0.15) is 4.90 Å². The van der Waals surface area contributed by atoms with Gasteiger partial charge >= 0.3 is 0 Å². The summed E-state index contributed by atoms with van der Waals surface area (Å²) in [6, 6.07) is 4.51. The largest absolute Gasteiger partial charge is 0.399 e. The molecule has 1 aromatic carbocycles. The molecule has 0 radical (unpaired) electrons. The first-order chi connectivity index (χ1) is 8.97. The predicted molar refractivity (Wildman–Crippen MR) is 74.2 cm³/mol. The number of fused-ring (bicyclic) bond motifs is 1. The number of aromatic amines is 1. The van der Waals surface area contributed by atoms with Crippen molar-refractivity contribution in [3.63, 3.8) is 0 Å². The van der Waals surface area contributed by atoms with Crippen molar-refractivity contribution in [1.29, 1.82) is 0 Å². The number of sulfonamides is 1. The van der Waals surface area contributed by atoms with Crippen molar-refractivity contribution in [1.82, 2.24) is 9.71 Å². The smallest absolute Gasteiger partial charge is 0.243 e. The van der Waals surface area contributed by atoms with Crippen LogP contribution < -0.4 is 10.5 Å². The molecule has 1 heterocycles. The maximum Gasteiger partial charge on any atom is 0.243 e. The minimum absolute atomic E-state index is 0.161. The number of nitrogens with two attached hydrogens (primary N) is 1. The van der Waals surface area contributed by atoms with Crippen LogP contribution in [-0.4, -0.2) is 31.2 Å². The van der Waals surface area contributed by atoms with Gasteiger partial charge in [0.15, 0.2) is 0 Å². The Morgan fingerprint density at radius 3 is 2.84 bits per heavy atom. The van der Waals surface area contributed by atoms with Crippen molar-refractivity contribution in [2.75, 3.05) is 12.3 Å². The zero-order chi connectivity index (χ0) is 14.0. The summed E-state index contributed by atoms with van der Waals surface area (Å²) < 4.78 is 27.0. The lowest BCUT2D eigenvalue weighted by Crippen LogP contribution is -2.36. The SMILES string of the molecule is CC[C@H](CO)NS(=O)(=O)c1c[nH]c2cc(N)ccc12. The number of H-pyrrole nitrogens is 1. The van der Waals surface area contributed by atoms with Gasteiger partial charge in [0.05, 0.1) is 6.61 Å². The fourth-order valence-electron chi connectivity index (χ4n) is 1.87. The second-order valence-electron chi connectivity index (χ2n) is 4.37. The summed E-state index contributed by atoms with van der Waals surface area (Å²) in [7, 11) is -3.66. The lowest BCUT2D eigenvalue weighted by molar-refractivity contribution is 0.254. The minimum atomic E-state index is -3.66. The van der Waals surface area contributed by atoms with E-state index in [2.05, 4.69) is 9.71 Å². The molecule has 0 saturated heterocycles. The summed E-state index contributed by atoms with van der Waals surface area (Å²) in [5.74, 6) is 0. The van der Waals surface area contributed by atoms with Crippen molar-refractivity contribution in [2.24, 2.45) is 0 Å². The lowest BCUT2D eigenvalue weighted by Gasteiger charge is -2.13. The van der Waals surface area contributed by atoms with E-state index < -0.39 is 16.1 Å². The molecule has 2 rings (SSSR count). The van der Waals surface area contributed by atoms with Crippen LogP contribution >= 0.6 is 0 Å². The van der Waals surface area contributed by atoms with Crippen LogP contribution in [0.25, 0.3) is 10.9 Å². The Kier molecular flexibility index (Phi) is 3.79. The molecule has 2 aromatic rings. The molecule has 0 aliphatic rings. The maximum atomic E-state index is 12.2. The number of hydrogen-bond donors (Lipinski definition) is 4. The van der Waals surface area contributed by atoms with Crippen molar-refractivity contribution >= 4 is 26.6 Å². The zero-order valence-corrected chi connectivity index (χ0v) is 11.4. The summed E-state index contributed by atoms with van der Waals surface area (Å²) in [4.78, 5) is 3.04. The van der Waals surface area contributed by atoms with Crippen LogP contribution in [0.15, 0.2) is 29.3 Å². The molecule has 0 spiro atoms. The molecule has 1 atom stereocenters. The molecule has 0 amide bonds. The Balaban J connectivity index is 2.43. The first kappa shape index (κ1) is 13.9. The second-order valence-corrected chi connectivity index (χ2v) is 6.05. The topological polar surface area (TPSA) is 108 Å². The number of aliphatic hydroxyl groups is 1. The Bertz CT molecular complexity index is 675. The number of anilines is 1. The lowest BCUT2D eigenvalue weighted by atomic mass is 10.2. The molecule has 6 nitrogen and oxygen atoms in total. The van der Waals surface area contributed by atoms with Gasteiger partial charge in [0.25, 0.3) is 0 Å². The summed E-state index contributed by atoms with van der Waals surface area (Å²) >= 11 is 0. The summed E-state index contributed by atoms with van der Waals surface area (Å²) in [6.45, 7) is 1.57. The van der Waals surface area contributed by atoms with E-state index in [1.54, 1.807) is 25.1 Å². The van der Waals surface area contributed by atoms with Gasteiger partial charge in [0.2, 0.25) is 10.0 Å². The Labute approximate surface area is 111 Å². The van der Waals surface area contributed by atoms with Crippen LogP contribution in [0, 0.1) is 0 Å². The fourth-order valence-corrected chi connectivity index (χ4v) is 3.36. The van der Waals surface area contributed by atoms with E-state index in [1.807, 2.05) is 0 Å². The molecule has 0 bridgehead atoms. The molecule has 0 fully saturated rings. The van der Waals surface area contributed by atoms with E-state index in [1.165, 1.54) is 6.20 Å². The van der Waals surface area contributed by atoms with Gasteiger partial charge in [-0.05, 0) is 24.6 Å². The molecule has 104 valence electrons. The third-order valence-electron chi connectivity index (χ3n) is 2.99. The third kappa shape index (κ3) is 2.73. The van der Waals surface area contributed by atoms with Gasteiger partial charge in [-0.25, -0.2) is 13.1 Å². The van der Waals surface area contributed by atoms with Crippen molar-refractivity contribution in [2.45, 2.75) is 24.3 Å². The number of benzene rings is 1. The highest BCUT2D eigenvalue weighted by molar-refractivity contribution is 7.89. The monoisotopic (exact) mass is 283 g/mol. The van der Waals surface area contributed by atoms with Gasteiger partial charge in [-0.1, -0.05) is 6.92 Å². The highest BCUT2D eigenvalue weighted by Crippen LogP contribution is 2.24. The van der Waals surface area contributed by atoms with E-state index in [0.717, 1.165) is 0 Å². The zero-order valence-electron chi connectivity index (χ0n) is 10.6. The minimum Gasteiger partial charge on any atom is -0.399 e. The highest BCUT2D eigenvalue weighted by atomic mass is 32.2. The average molecular weight is 283 g/mol. The van der Waals surface area contributed by atoms with Gasteiger partial charge in [-0.15, -0.1) is 0 Å². The van der Waals surface area contributed by atoms with Crippen molar-refractivity contribution < 1.29 is 13.5 Å². The Morgan fingerprint density at radius 1 is 1.47 bits per heavy atom. The number of aromatic nitrogens is 1. The van der Waals surface area contributed by atoms with Crippen LogP contribution in [0.4, 0.5) is 5.69 Å². The summed E-state index contributed by atoms with van der Waals surface area (Å²) in [5.41, 5.74) is 6.88. The fraction of sp³-hybridized carbons (Fsp3) is 0.333. The number of nitrogen functional groups attached to an aromatic ring is 1. The van der Waals surface area contributed by atoms with E-state index in [9.17, 15) is 8.42 Å². The molecule has 19 heavy (non-hydrogen) atoms. The van der Waals surface area contributed by atoms with Gasteiger partial charge < -0.3 is 15.8 Å². The third-order valence-corrected chi connectivity index (χ3v) is 4.55. The molecule has 5 N–H and O–H groups in total. The van der Waals surface area contributed by atoms with Crippen LogP contribution in [0.3, 0.4) is 0 Å². The molecule has 0 unspecified atom stereocenters. The van der Waals surface area contributed by atoms with E-state index >= 15 is 0 Å². The molecular weight excluding hydrogens is 266 g/mol. The summed E-state index contributed by atoms with van der Waals surface area (Å²) in [6.07, 6.45) is 1.95. The first-order valence-corrected chi connectivity index (χ1v) is 7.46. The highest BCUT2D eigenvalue weighted by Gasteiger charge is 2.22. The van der Waals surface area contributed by atoms with Crippen LogP contribution in [0.5, 0.6) is 0 Å². The predicted octanol–water partition coefficient (Wildman–Crippen LogP) is 0.799. The normalized spacial score (nSPS) is 13.8. The molecular formula is C12H17N3O3S. The van der Waals surface area contributed by atoms with Gasteiger partial charge in [-0.3, -0.25) is 0 Å².